The molecule has 0 saturated carbocycles. The van der Waals surface area contributed by atoms with Crippen LogP contribution in [0.2, 0.25) is 0 Å². The lowest BCUT2D eigenvalue weighted by atomic mass is 10.1. The summed E-state index contributed by atoms with van der Waals surface area (Å²) in [5, 5.41) is 10.4. The van der Waals surface area contributed by atoms with E-state index in [1.807, 2.05) is 0 Å². The molecule has 2 aromatic heterocycles. The van der Waals surface area contributed by atoms with Gasteiger partial charge in [-0.2, -0.15) is 5.10 Å². The third kappa shape index (κ3) is 1.76. The molecule has 0 unspecified atom stereocenters. The van der Waals surface area contributed by atoms with Gasteiger partial charge >= 0.3 is 0 Å². The number of nitrogens with one attached hydrogen (secondary N) is 2. The topological polar surface area (TPSA) is 66.5 Å². The highest BCUT2D eigenvalue weighted by molar-refractivity contribution is 5.86. The van der Waals surface area contributed by atoms with Gasteiger partial charge in [-0.1, -0.05) is 19.9 Å². The molecule has 0 aliphatic heterocycles. The summed E-state index contributed by atoms with van der Waals surface area (Å²) < 4.78 is 0. The Morgan fingerprint density at radius 3 is 2.94 bits per heavy atom. The van der Waals surface area contributed by atoms with Gasteiger partial charge < -0.3 is 5.32 Å². The third-order valence-corrected chi connectivity index (χ3v) is 2.36. The normalized spacial score (nSPS) is 10.9. The number of nitrogens with zero attached hydrogens (tertiary/aromatic N) is 3. The lowest BCUT2D eigenvalue weighted by Crippen LogP contribution is -2.01. The van der Waals surface area contributed by atoms with Crippen LogP contribution in [0.1, 0.15) is 25.5 Å². The fourth-order valence-corrected chi connectivity index (χ4v) is 1.55. The number of hydrogen-bond donors (Lipinski definition) is 2. The number of fused-ring (bicyclic) bond motifs is 1. The molecule has 0 fully saturated rings. The Labute approximate surface area is 94.0 Å². The zero-order valence-electron chi connectivity index (χ0n) is 9.49. The average Bonchev–Trinajstić information content (AvgIpc) is 2.70. The Hall–Kier alpha value is -1.91. The summed E-state index contributed by atoms with van der Waals surface area (Å²) in [7, 11) is 0. The molecule has 0 saturated heterocycles. The smallest absolute Gasteiger partial charge is 0.158 e. The van der Waals surface area contributed by atoms with Crippen LogP contribution in [0.3, 0.4) is 0 Å². The molecular formula is C11H15N5. The molecule has 5 nitrogen and oxygen atoms in total. The van der Waals surface area contributed by atoms with E-state index >= 15 is 0 Å². The van der Waals surface area contributed by atoms with E-state index in [4.69, 9.17) is 0 Å². The highest BCUT2D eigenvalue weighted by Crippen LogP contribution is 2.23. The van der Waals surface area contributed by atoms with Gasteiger partial charge in [0.1, 0.15) is 11.8 Å². The van der Waals surface area contributed by atoms with E-state index in [9.17, 15) is 0 Å². The highest BCUT2D eigenvalue weighted by Gasteiger charge is 2.13. The van der Waals surface area contributed by atoms with E-state index < -0.39 is 0 Å². The number of hydrogen-bond acceptors (Lipinski definition) is 4. The van der Waals surface area contributed by atoms with Crippen LogP contribution in [0.15, 0.2) is 19.0 Å². The first-order valence-electron chi connectivity index (χ1n) is 5.27. The van der Waals surface area contributed by atoms with Gasteiger partial charge in [0.25, 0.3) is 0 Å². The second kappa shape index (κ2) is 4.30. The van der Waals surface area contributed by atoms with Gasteiger partial charge in [0, 0.05) is 6.54 Å². The molecule has 0 aliphatic rings. The Morgan fingerprint density at radius 1 is 1.44 bits per heavy atom. The Balaban J connectivity index is 2.48. The first kappa shape index (κ1) is 10.6. The molecule has 0 bridgehead atoms. The van der Waals surface area contributed by atoms with E-state index in [0.717, 1.165) is 22.5 Å². The summed E-state index contributed by atoms with van der Waals surface area (Å²) in [5.74, 6) is 1.11. The first-order chi connectivity index (χ1) is 7.74. The summed E-state index contributed by atoms with van der Waals surface area (Å²) >= 11 is 0. The van der Waals surface area contributed by atoms with Crippen LogP contribution in [0.5, 0.6) is 0 Å². The fraction of sp³-hybridized carbons (Fsp3) is 0.364. The summed E-state index contributed by atoms with van der Waals surface area (Å²) in [5.41, 5.74) is 2.71. The van der Waals surface area contributed by atoms with Crippen LogP contribution in [0.25, 0.3) is 11.0 Å². The van der Waals surface area contributed by atoms with Crippen molar-refractivity contribution in [2.45, 2.75) is 19.8 Å². The van der Waals surface area contributed by atoms with Crippen molar-refractivity contribution in [2.75, 3.05) is 11.9 Å². The predicted octanol–water partition coefficient (Wildman–Crippen LogP) is 2.07. The van der Waals surface area contributed by atoms with Gasteiger partial charge in [0.15, 0.2) is 11.3 Å². The zero-order valence-corrected chi connectivity index (χ0v) is 9.49. The van der Waals surface area contributed by atoms with Crippen molar-refractivity contribution in [3.05, 3.63) is 24.7 Å². The average molecular weight is 217 g/mol. The maximum Gasteiger partial charge on any atom is 0.158 e. The quantitative estimate of drug-likeness (QED) is 0.769. The molecule has 2 N–H and O–H groups in total. The maximum absolute atomic E-state index is 4.26. The molecule has 0 amide bonds. The number of aromatic amines is 1. The van der Waals surface area contributed by atoms with Gasteiger partial charge in [-0.05, 0) is 5.92 Å². The Kier molecular flexibility index (Phi) is 2.85. The fourth-order valence-electron chi connectivity index (χ4n) is 1.55. The van der Waals surface area contributed by atoms with E-state index in [1.54, 1.807) is 12.4 Å². The van der Waals surface area contributed by atoms with Crippen LogP contribution in [-0.2, 0) is 0 Å². The molecule has 2 heterocycles. The number of rotatable bonds is 4. The second-order valence-electron chi connectivity index (χ2n) is 3.88. The molecule has 16 heavy (non-hydrogen) atoms. The van der Waals surface area contributed by atoms with Crippen molar-refractivity contribution in [3.8, 4) is 0 Å². The second-order valence-corrected chi connectivity index (χ2v) is 3.88. The lowest BCUT2D eigenvalue weighted by Gasteiger charge is -2.03. The van der Waals surface area contributed by atoms with Crippen LogP contribution >= 0.6 is 0 Å². The largest absolute Gasteiger partial charge is 0.365 e. The summed E-state index contributed by atoms with van der Waals surface area (Å²) in [4.78, 5) is 8.43. The van der Waals surface area contributed by atoms with Crippen molar-refractivity contribution in [1.29, 1.82) is 0 Å². The standard InChI is InChI=1S/C11H15N5/c1-4-5-12-11-10-9(13-6-14-11)8(7(2)3)15-16-10/h4,6-7H,1,5H2,2-3H3,(H,15,16)(H,12,13,14). The van der Waals surface area contributed by atoms with Crippen LogP contribution < -0.4 is 5.32 Å². The summed E-state index contributed by atoms with van der Waals surface area (Å²) in [6, 6.07) is 0. The number of H-pyrrole nitrogens is 1. The minimum absolute atomic E-state index is 0.368. The minimum atomic E-state index is 0.368. The minimum Gasteiger partial charge on any atom is -0.365 e. The van der Waals surface area contributed by atoms with Crippen molar-refractivity contribution in [3.63, 3.8) is 0 Å². The van der Waals surface area contributed by atoms with Crippen molar-refractivity contribution in [1.82, 2.24) is 20.2 Å². The molecule has 0 spiro atoms. The molecule has 84 valence electrons. The predicted molar refractivity (Wildman–Crippen MR) is 64.5 cm³/mol. The molecule has 0 atom stereocenters. The third-order valence-electron chi connectivity index (χ3n) is 2.36. The molecule has 0 aromatic carbocycles. The van der Waals surface area contributed by atoms with Gasteiger partial charge in [0.05, 0.1) is 5.69 Å². The summed E-state index contributed by atoms with van der Waals surface area (Å²) in [6.45, 7) is 8.52. The van der Waals surface area contributed by atoms with Crippen molar-refractivity contribution < 1.29 is 0 Å². The molecular weight excluding hydrogens is 202 g/mol. The Bertz CT molecular complexity index is 500. The SMILES string of the molecule is C=CCNc1ncnc2c(C(C)C)[nH]nc12. The van der Waals surface area contributed by atoms with Gasteiger partial charge in [-0.15, -0.1) is 6.58 Å². The van der Waals surface area contributed by atoms with Gasteiger partial charge in [0.2, 0.25) is 0 Å². The molecule has 5 heteroatoms. The molecule has 2 rings (SSSR count). The monoisotopic (exact) mass is 217 g/mol. The van der Waals surface area contributed by atoms with Gasteiger partial charge in [-0.3, -0.25) is 5.10 Å². The maximum atomic E-state index is 4.26. The van der Waals surface area contributed by atoms with E-state index in [2.05, 4.69) is 45.9 Å². The first-order valence-corrected chi connectivity index (χ1v) is 5.27. The van der Waals surface area contributed by atoms with E-state index in [0.29, 0.717) is 12.5 Å². The van der Waals surface area contributed by atoms with Crippen LogP contribution in [0, 0.1) is 0 Å². The number of anilines is 1. The molecule has 2 aromatic rings. The van der Waals surface area contributed by atoms with Crippen LogP contribution in [0.4, 0.5) is 5.82 Å². The summed E-state index contributed by atoms with van der Waals surface area (Å²) in [6.07, 6.45) is 3.33. The Morgan fingerprint density at radius 2 is 2.25 bits per heavy atom. The van der Waals surface area contributed by atoms with Gasteiger partial charge in [-0.25, -0.2) is 9.97 Å². The van der Waals surface area contributed by atoms with E-state index in [1.165, 1.54) is 0 Å². The van der Waals surface area contributed by atoms with Crippen molar-refractivity contribution >= 4 is 16.9 Å². The molecule has 0 aliphatic carbocycles. The lowest BCUT2D eigenvalue weighted by molar-refractivity contribution is 0.815. The van der Waals surface area contributed by atoms with Crippen molar-refractivity contribution in [2.24, 2.45) is 0 Å². The number of aromatic nitrogens is 4. The highest BCUT2D eigenvalue weighted by atomic mass is 15.2. The molecule has 0 radical (unpaired) electrons. The van der Waals surface area contributed by atoms with Crippen LogP contribution in [-0.4, -0.2) is 26.7 Å². The van der Waals surface area contributed by atoms with E-state index in [-0.39, 0.29) is 0 Å². The zero-order chi connectivity index (χ0) is 11.5.